The smallest absolute Gasteiger partial charge is 0.316 e. The van der Waals surface area contributed by atoms with Gasteiger partial charge in [0.15, 0.2) is 0 Å². The van der Waals surface area contributed by atoms with Crippen LogP contribution in [0.3, 0.4) is 0 Å². The van der Waals surface area contributed by atoms with Gasteiger partial charge < -0.3 is 4.74 Å². The number of ether oxygens (including phenoxy) is 1. The quantitative estimate of drug-likeness (QED) is 0.473. The summed E-state index contributed by atoms with van der Waals surface area (Å²) in [4.78, 5) is 19.5. The summed E-state index contributed by atoms with van der Waals surface area (Å²) < 4.78 is 4.61. The van der Waals surface area contributed by atoms with Gasteiger partial charge in [0.2, 0.25) is 0 Å². The van der Waals surface area contributed by atoms with Crippen molar-refractivity contribution < 1.29 is 9.53 Å². The maximum atomic E-state index is 11.1. The molecule has 1 aromatic carbocycles. The Hall–Kier alpha value is -1.62. The third-order valence-corrected chi connectivity index (χ3v) is 3.35. The van der Waals surface area contributed by atoms with E-state index in [9.17, 15) is 4.79 Å². The van der Waals surface area contributed by atoms with Crippen LogP contribution in [0.1, 0.15) is 5.56 Å². The number of methoxy groups -OCH3 is 1. The number of carbonyl (C=O) groups is 1. The minimum absolute atomic E-state index is 0.254. The van der Waals surface area contributed by atoms with Crippen molar-refractivity contribution in [1.82, 2.24) is 9.97 Å². The fourth-order valence-electron chi connectivity index (χ4n) is 1.54. The van der Waals surface area contributed by atoms with Crippen molar-refractivity contribution in [3.8, 4) is 0 Å². The molecule has 0 bridgehead atoms. The fraction of sp³-hybridized carbons (Fsp3) is 0.250. The molecule has 0 saturated carbocycles. The first-order chi connectivity index (χ1) is 8.22. The molecule has 2 rings (SSSR count). The Balaban J connectivity index is 2.37. The molecule has 17 heavy (non-hydrogen) atoms. The van der Waals surface area contributed by atoms with Crippen LogP contribution in [0.25, 0.3) is 10.9 Å². The zero-order valence-corrected chi connectivity index (χ0v) is 10.5. The molecule has 0 N–H and O–H groups in total. The Morgan fingerprint density at radius 2 is 2.24 bits per heavy atom. The number of hydrogen-bond acceptors (Lipinski definition) is 5. The molecule has 0 aliphatic carbocycles. The molecule has 0 aliphatic heterocycles. The molecule has 88 valence electrons. The van der Waals surface area contributed by atoms with Crippen LogP contribution in [0, 0.1) is 6.92 Å². The summed E-state index contributed by atoms with van der Waals surface area (Å²) in [5.41, 5.74) is 2.00. The molecule has 4 nitrogen and oxygen atoms in total. The molecule has 0 fully saturated rings. The highest BCUT2D eigenvalue weighted by Gasteiger charge is 2.09. The molecule has 0 spiro atoms. The lowest BCUT2D eigenvalue weighted by Crippen LogP contribution is -2.03. The van der Waals surface area contributed by atoms with Gasteiger partial charge in [-0.1, -0.05) is 23.9 Å². The summed E-state index contributed by atoms with van der Waals surface area (Å²) in [7, 11) is 1.38. The average Bonchev–Trinajstić information content (AvgIpc) is 2.36. The average molecular weight is 248 g/mol. The van der Waals surface area contributed by atoms with Crippen LogP contribution >= 0.6 is 11.8 Å². The Morgan fingerprint density at radius 3 is 3.00 bits per heavy atom. The third kappa shape index (κ3) is 2.55. The van der Waals surface area contributed by atoms with Crippen LogP contribution in [0.4, 0.5) is 0 Å². The summed E-state index contributed by atoms with van der Waals surface area (Å²) in [6.45, 7) is 2.01. The lowest BCUT2D eigenvalue weighted by Gasteiger charge is -2.06. The number of thioether (sulfide) groups is 1. The number of hydrogen-bond donors (Lipinski definition) is 0. The van der Waals surface area contributed by atoms with Crippen molar-refractivity contribution in [3.05, 3.63) is 30.1 Å². The maximum absolute atomic E-state index is 11.1. The van der Waals surface area contributed by atoms with Crippen molar-refractivity contribution in [3.63, 3.8) is 0 Å². The topological polar surface area (TPSA) is 52.1 Å². The number of benzene rings is 1. The van der Waals surface area contributed by atoms with Gasteiger partial charge in [-0.3, -0.25) is 4.79 Å². The van der Waals surface area contributed by atoms with Gasteiger partial charge in [0.05, 0.1) is 18.4 Å². The molecule has 0 radical (unpaired) electrons. The first-order valence-electron chi connectivity index (χ1n) is 5.12. The molecule has 0 atom stereocenters. The summed E-state index contributed by atoms with van der Waals surface area (Å²) in [5, 5.41) is 1.82. The highest BCUT2D eigenvalue weighted by atomic mass is 32.2. The zero-order chi connectivity index (χ0) is 12.3. The zero-order valence-electron chi connectivity index (χ0n) is 9.64. The summed E-state index contributed by atoms with van der Waals surface area (Å²) in [6, 6.07) is 5.90. The number of esters is 1. The van der Waals surface area contributed by atoms with Crippen LogP contribution in [0.2, 0.25) is 0 Å². The number of fused-ring (bicyclic) bond motifs is 1. The predicted molar refractivity (Wildman–Crippen MR) is 67.0 cm³/mol. The molecule has 2 aromatic rings. The van der Waals surface area contributed by atoms with Gasteiger partial charge >= 0.3 is 5.97 Å². The van der Waals surface area contributed by atoms with Gasteiger partial charge in [0.25, 0.3) is 0 Å². The van der Waals surface area contributed by atoms with Crippen molar-refractivity contribution in [2.24, 2.45) is 0 Å². The van der Waals surface area contributed by atoms with Crippen molar-refractivity contribution in [2.75, 3.05) is 12.9 Å². The monoisotopic (exact) mass is 248 g/mol. The van der Waals surface area contributed by atoms with E-state index < -0.39 is 0 Å². The molecule has 0 aliphatic rings. The second kappa shape index (κ2) is 5.14. The Morgan fingerprint density at radius 1 is 1.41 bits per heavy atom. The van der Waals surface area contributed by atoms with Crippen molar-refractivity contribution >= 4 is 28.6 Å². The lowest BCUT2D eigenvalue weighted by atomic mass is 10.1. The van der Waals surface area contributed by atoms with Gasteiger partial charge in [0.1, 0.15) is 11.4 Å². The molecule has 1 heterocycles. The second-order valence-corrected chi connectivity index (χ2v) is 4.48. The lowest BCUT2D eigenvalue weighted by molar-refractivity contribution is -0.137. The van der Waals surface area contributed by atoms with E-state index >= 15 is 0 Å². The minimum atomic E-state index is -0.254. The molecular formula is C12H12N2O2S. The summed E-state index contributed by atoms with van der Waals surface area (Å²) >= 11 is 1.37. The van der Waals surface area contributed by atoms with Crippen LogP contribution in [-0.4, -0.2) is 28.8 Å². The van der Waals surface area contributed by atoms with E-state index in [1.807, 2.05) is 25.1 Å². The van der Waals surface area contributed by atoms with E-state index in [4.69, 9.17) is 0 Å². The molecule has 1 aromatic heterocycles. The number of aryl methyl sites for hydroxylation is 1. The SMILES string of the molecule is COC(=O)CSc1ncnc2cccc(C)c12. The Bertz CT molecular complexity index is 552. The largest absolute Gasteiger partial charge is 0.468 e. The van der Waals surface area contributed by atoms with Crippen LogP contribution in [-0.2, 0) is 9.53 Å². The van der Waals surface area contributed by atoms with Crippen LogP contribution in [0.15, 0.2) is 29.6 Å². The number of nitrogens with zero attached hydrogens (tertiary/aromatic N) is 2. The Kier molecular flexibility index (Phi) is 3.58. The van der Waals surface area contributed by atoms with Gasteiger partial charge in [-0.05, 0) is 18.6 Å². The summed E-state index contributed by atoms with van der Waals surface area (Å²) in [5.74, 6) is 0.00655. The highest BCUT2D eigenvalue weighted by molar-refractivity contribution is 8.00. The normalized spacial score (nSPS) is 10.5. The molecular weight excluding hydrogens is 236 g/mol. The second-order valence-electron chi connectivity index (χ2n) is 3.51. The van der Waals surface area contributed by atoms with E-state index in [-0.39, 0.29) is 11.7 Å². The minimum Gasteiger partial charge on any atom is -0.468 e. The standard InChI is InChI=1S/C12H12N2O2S/c1-8-4-3-5-9-11(8)12(14-7-13-9)17-6-10(15)16-2/h3-5,7H,6H2,1-2H3. The van der Waals surface area contributed by atoms with Crippen molar-refractivity contribution in [2.45, 2.75) is 11.9 Å². The van der Waals surface area contributed by atoms with Crippen LogP contribution < -0.4 is 0 Å². The van der Waals surface area contributed by atoms with E-state index in [1.165, 1.54) is 25.2 Å². The molecule has 5 heteroatoms. The van der Waals surface area contributed by atoms with E-state index in [1.54, 1.807) is 0 Å². The van der Waals surface area contributed by atoms with E-state index in [2.05, 4.69) is 14.7 Å². The predicted octanol–water partition coefficient (Wildman–Crippen LogP) is 2.20. The number of aromatic nitrogens is 2. The highest BCUT2D eigenvalue weighted by Crippen LogP contribution is 2.26. The Labute approximate surface area is 103 Å². The third-order valence-electron chi connectivity index (χ3n) is 2.39. The molecule has 0 saturated heterocycles. The number of carbonyl (C=O) groups excluding carboxylic acids is 1. The van der Waals surface area contributed by atoms with Crippen LogP contribution in [0.5, 0.6) is 0 Å². The van der Waals surface area contributed by atoms with Gasteiger partial charge in [-0.25, -0.2) is 9.97 Å². The maximum Gasteiger partial charge on any atom is 0.316 e. The molecule has 0 amide bonds. The van der Waals surface area contributed by atoms with Gasteiger partial charge in [-0.15, -0.1) is 0 Å². The number of rotatable bonds is 3. The van der Waals surface area contributed by atoms with E-state index in [0.717, 1.165) is 21.5 Å². The van der Waals surface area contributed by atoms with E-state index in [0.29, 0.717) is 0 Å². The van der Waals surface area contributed by atoms with Crippen molar-refractivity contribution in [1.29, 1.82) is 0 Å². The van der Waals surface area contributed by atoms with Gasteiger partial charge in [0, 0.05) is 5.39 Å². The fourth-order valence-corrected chi connectivity index (χ4v) is 2.45. The molecule has 0 unspecified atom stereocenters. The first kappa shape index (κ1) is 11.9. The van der Waals surface area contributed by atoms with Gasteiger partial charge in [-0.2, -0.15) is 0 Å². The summed E-state index contributed by atoms with van der Waals surface area (Å²) in [6.07, 6.45) is 1.52. The first-order valence-corrected chi connectivity index (χ1v) is 6.11.